The predicted octanol–water partition coefficient (Wildman–Crippen LogP) is 3.30. The van der Waals surface area contributed by atoms with E-state index in [1.807, 2.05) is 52.0 Å². The van der Waals surface area contributed by atoms with Gasteiger partial charge < -0.3 is 10.2 Å². The lowest BCUT2D eigenvalue weighted by Crippen LogP contribution is -2.54. The van der Waals surface area contributed by atoms with E-state index in [-0.39, 0.29) is 23.9 Å². The number of benzene rings is 2. The third-order valence-electron chi connectivity index (χ3n) is 5.36. The van der Waals surface area contributed by atoms with Gasteiger partial charge in [-0.25, -0.2) is 8.42 Å². The Morgan fingerprint density at radius 1 is 1.03 bits per heavy atom. The zero-order chi connectivity index (χ0) is 26.6. The standard InChI is InChI=1S/C26H35N3O5S/c1-18-11-13-21(14-12-18)16-28(19(2)25(32)27-26(4,5)6)24(31)17-29(35(7,33)34)23-10-8-9-22(15-23)20(3)30/h8-15,19H,16-17H2,1-7H3,(H,27,32). The van der Waals surface area contributed by atoms with Crippen LogP contribution in [0.5, 0.6) is 0 Å². The monoisotopic (exact) mass is 501 g/mol. The molecule has 0 aliphatic rings. The molecule has 0 bridgehead atoms. The highest BCUT2D eigenvalue weighted by atomic mass is 32.2. The largest absolute Gasteiger partial charge is 0.350 e. The third kappa shape index (κ3) is 8.20. The second-order valence-electron chi connectivity index (χ2n) is 9.80. The molecule has 1 N–H and O–H groups in total. The summed E-state index contributed by atoms with van der Waals surface area (Å²) in [7, 11) is -3.87. The van der Waals surface area contributed by atoms with Crippen molar-refractivity contribution in [3.05, 3.63) is 65.2 Å². The molecule has 0 spiro atoms. The van der Waals surface area contributed by atoms with E-state index < -0.39 is 34.1 Å². The number of ketones is 1. The summed E-state index contributed by atoms with van der Waals surface area (Å²) in [6.45, 7) is 10.1. The summed E-state index contributed by atoms with van der Waals surface area (Å²) in [5.41, 5.74) is 1.90. The number of hydrogen-bond acceptors (Lipinski definition) is 5. The number of Topliss-reactive ketones (excluding diaryl/α,β-unsaturated/α-hetero) is 1. The third-order valence-corrected chi connectivity index (χ3v) is 6.50. The van der Waals surface area contributed by atoms with Gasteiger partial charge in [-0.3, -0.25) is 18.7 Å². The van der Waals surface area contributed by atoms with Gasteiger partial charge in [0.05, 0.1) is 11.9 Å². The smallest absolute Gasteiger partial charge is 0.244 e. The molecule has 35 heavy (non-hydrogen) atoms. The minimum Gasteiger partial charge on any atom is -0.350 e. The van der Waals surface area contributed by atoms with Gasteiger partial charge >= 0.3 is 0 Å². The van der Waals surface area contributed by atoms with Crippen LogP contribution in [0.3, 0.4) is 0 Å². The van der Waals surface area contributed by atoms with Crippen LogP contribution in [0, 0.1) is 6.92 Å². The first-order valence-corrected chi connectivity index (χ1v) is 13.2. The van der Waals surface area contributed by atoms with Crippen LogP contribution in [0.1, 0.15) is 56.1 Å². The fourth-order valence-electron chi connectivity index (χ4n) is 3.44. The van der Waals surface area contributed by atoms with Crippen molar-refractivity contribution >= 4 is 33.3 Å². The Kier molecular flexibility index (Phi) is 8.84. The number of anilines is 1. The van der Waals surface area contributed by atoms with Gasteiger partial charge in [0.25, 0.3) is 0 Å². The molecule has 1 atom stereocenters. The van der Waals surface area contributed by atoms with Crippen LogP contribution < -0.4 is 9.62 Å². The fourth-order valence-corrected chi connectivity index (χ4v) is 4.28. The van der Waals surface area contributed by atoms with Gasteiger partial charge in [-0.2, -0.15) is 0 Å². The number of aryl methyl sites for hydroxylation is 1. The molecule has 9 heteroatoms. The quantitative estimate of drug-likeness (QED) is 0.531. The minimum atomic E-state index is -3.87. The van der Waals surface area contributed by atoms with E-state index >= 15 is 0 Å². The van der Waals surface area contributed by atoms with Gasteiger partial charge in [0, 0.05) is 17.6 Å². The average Bonchev–Trinajstić information content (AvgIpc) is 2.74. The lowest BCUT2D eigenvalue weighted by molar-refractivity contribution is -0.140. The Labute approximate surface area is 208 Å². The van der Waals surface area contributed by atoms with Crippen LogP contribution in [0.25, 0.3) is 0 Å². The maximum absolute atomic E-state index is 13.5. The van der Waals surface area contributed by atoms with Gasteiger partial charge in [0.2, 0.25) is 21.8 Å². The summed E-state index contributed by atoms with van der Waals surface area (Å²) >= 11 is 0. The van der Waals surface area contributed by atoms with Crippen LogP contribution in [-0.2, 0) is 26.2 Å². The summed E-state index contributed by atoms with van der Waals surface area (Å²) in [6, 6.07) is 12.8. The van der Waals surface area contributed by atoms with Crippen LogP contribution in [0.15, 0.2) is 48.5 Å². The summed E-state index contributed by atoms with van der Waals surface area (Å²) in [6.07, 6.45) is 1.00. The van der Waals surface area contributed by atoms with Gasteiger partial charge in [-0.15, -0.1) is 0 Å². The first-order valence-electron chi connectivity index (χ1n) is 11.3. The Balaban J connectivity index is 2.43. The molecular formula is C26H35N3O5S. The first kappa shape index (κ1) is 28.0. The molecule has 0 aromatic heterocycles. The van der Waals surface area contributed by atoms with E-state index in [1.165, 1.54) is 24.0 Å². The second-order valence-corrected chi connectivity index (χ2v) is 11.7. The average molecular weight is 502 g/mol. The fraction of sp³-hybridized carbons (Fsp3) is 0.423. The van der Waals surface area contributed by atoms with E-state index in [9.17, 15) is 22.8 Å². The Morgan fingerprint density at radius 3 is 2.14 bits per heavy atom. The van der Waals surface area contributed by atoms with E-state index in [4.69, 9.17) is 0 Å². The van der Waals surface area contributed by atoms with Crippen molar-refractivity contribution in [2.45, 2.75) is 59.7 Å². The number of amides is 2. The van der Waals surface area contributed by atoms with E-state index in [2.05, 4.69) is 5.32 Å². The van der Waals surface area contributed by atoms with Crippen LogP contribution in [0.4, 0.5) is 5.69 Å². The number of nitrogens with zero attached hydrogens (tertiary/aromatic N) is 2. The molecule has 8 nitrogen and oxygen atoms in total. The molecule has 0 aliphatic heterocycles. The lowest BCUT2D eigenvalue weighted by atomic mass is 10.1. The highest BCUT2D eigenvalue weighted by molar-refractivity contribution is 7.92. The van der Waals surface area contributed by atoms with Crippen LogP contribution >= 0.6 is 0 Å². The normalized spacial score (nSPS) is 12.5. The maximum atomic E-state index is 13.5. The van der Waals surface area contributed by atoms with Crippen molar-refractivity contribution in [3.63, 3.8) is 0 Å². The molecule has 0 heterocycles. The second kappa shape index (κ2) is 11.0. The molecule has 2 rings (SSSR count). The lowest BCUT2D eigenvalue weighted by Gasteiger charge is -2.33. The SMILES string of the molecule is CC(=O)c1cccc(N(CC(=O)N(Cc2ccc(C)cc2)C(C)C(=O)NC(C)(C)C)S(C)(=O)=O)c1. The van der Waals surface area contributed by atoms with Crippen molar-refractivity contribution in [2.75, 3.05) is 17.1 Å². The number of carbonyl (C=O) groups excluding carboxylic acids is 3. The molecule has 2 aromatic carbocycles. The van der Waals surface area contributed by atoms with Gasteiger partial charge in [-0.1, -0.05) is 42.0 Å². The van der Waals surface area contributed by atoms with Crippen LogP contribution in [-0.4, -0.2) is 55.3 Å². The van der Waals surface area contributed by atoms with Crippen molar-refractivity contribution in [3.8, 4) is 0 Å². The number of hydrogen-bond donors (Lipinski definition) is 1. The highest BCUT2D eigenvalue weighted by Crippen LogP contribution is 2.21. The zero-order valence-corrected chi connectivity index (χ0v) is 22.3. The van der Waals surface area contributed by atoms with E-state index in [1.54, 1.807) is 19.1 Å². The first-order chi connectivity index (χ1) is 16.1. The number of rotatable bonds is 9. The summed E-state index contributed by atoms with van der Waals surface area (Å²) in [5.74, 6) is -1.11. The molecule has 0 saturated carbocycles. The Morgan fingerprint density at radius 2 is 1.63 bits per heavy atom. The number of sulfonamides is 1. The van der Waals surface area contributed by atoms with E-state index in [0.717, 1.165) is 21.7 Å². The van der Waals surface area contributed by atoms with Crippen molar-refractivity contribution in [2.24, 2.45) is 0 Å². The summed E-state index contributed by atoms with van der Waals surface area (Å²) in [4.78, 5) is 39.7. The van der Waals surface area contributed by atoms with Crippen molar-refractivity contribution in [1.29, 1.82) is 0 Å². The highest BCUT2D eigenvalue weighted by Gasteiger charge is 2.31. The van der Waals surface area contributed by atoms with Gasteiger partial charge in [0.15, 0.2) is 5.78 Å². The molecular weight excluding hydrogens is 466 g/mol. The summed E-state index contributed by atoms with van der Waals surface area (Å²) < 4.78 is 26.3. The number of carbonyl (C=O) groups is 3. The molecule has 190 valence electrons. The van der Waals surface area contributed by atoms with Crippen molar-refractivity contribution < 1.29 is 22.8 Å². The topological polar surface area (TPSA) is 104 Å². The van der Waals surface area contributed by atoms with Crippen LogP contribution in [0.2, 0.25) is 0 Å². The minimum absolute atomic E-state index is 0.128. The predicted molar refractivity (Wildman–Crippen MR) is 138 cm³/mol. The molecule has 0 fully saturated rings. The van der Waals surface area contributed by atoms with E-state index in [0.29, 0.717) is 5.56 Å². The Bertz CT molecular complexity index is 1180. The molecule has 1 unspecified atom stereocenters. The molecule has 2 amide bonds. The maximum Gasteiger partial charge on any atom is 0.244 e. The number of nitrogens with one attached hydrogen (secondary N) is 1. The molecule has 0 aliphatic carbocycles. The molecule has 0 radical (unpaired) electrons. The molecule has 2 aromatic rings. The van der Waals surface area contributed by atoms with Gasteiger partial charge in [0.1, 0.15) is 12.6 Å². The molecule has 0 saturated heterocycles. The van der Waals surface area contributed by atoms with Crippen molar-refractivity contribution in [1.82, 2.24) is 10.2 Å². The summed E-state index contributed by atoms with van der Waals surface area (Å²) in [5, 5.41) is 2.88. The Hall–Kier alpha value is -3.20. The zero-order valence-electron chi connectivity index (χ0n) is 21.5. The van der Waals surface area contributed by atoms with Gasteiger partial charge in [-0.05, 0) is 59.2 Å².